The van der Waals surface area contributed by atoms with Gasteiger partial charge in [-0.2, -0.15) is 0 Å². The maximum Gasteiger partial charge on any atom is 0.134 e. The Morgan fingerprint density at radius 2 is 1.54 bits per heavy atom. The first-order chi connectivity index (χ1) is 11.1. The van der Waals surface area contributed by atoms with Gasteiger partial charge in [-0.15, -0.1) is 12.4 Å². The van der Waals surface area contributed by atoms with Gasteiger partial charge in [0.15, 0.2) is 0 Å². The lowest BCUT2D eigenvalue weighted by Crippen LogP contribution is -2.11. The molecular formula is C18H15Cl3FNO. The second-order valence-corrected chi connectivity index (χ2v) is 6.03. The molecule has 3 aromatic rings. The summed E-state index contributed by atoms with van der Waals surface area (Å²) < 4.78 is 18.6. The minimum absolute atomic E-state index is 0. The summed E-state index contributed by atoms with van der Waals surface area (Å²) in [6.45, 7) is 1.21. The molecule has 2 nitrogen and oxygen atoms in total. The largest absolute Gasteiger partial charge is 0.460 e. The van der Waals surface area contributed by atoms with E-state index in [1.54, 1.807) is 18.2 Å². The van der Waals surface area contributed by atoms with E-state index in [1.807, 2.05) is 24.3 Å². The Labute approximate surface area is 156 Å². The topological polar surface area (TPSA) is 25.2 Å². The van der Waals surface area contributed by atoms with Crippen molar-refractivity contribution in [3.63, 3.8) is 0 Å². The van der Waals surface area contributed by atoms with E-state index >= 15 is 0 Å². The van der Waals surface area contributed by atoms with Crippen LogP contribution in [0.5, 0.6) is 0 Å². The fraction of sp³-hybridized carbons (Fsp3) is 0.111. The molecule has 1 N–H and O–H groups in total. The standard InChI is InChI=1S/C18H14Cl2FNO.ClH/c19-14-7-13(8-15(20)9-14)18-6-5-17(23-18)11-22-10-12-1-3-16(21)4-2-12;/h1-9,22H,10-11H2;1H. The first-order valence-electron chi connectivity index (χ1n) is 7.10. The molecule has 0 fully saturated rings. The van der Waals surface area contributed by atoms with Crippen LogP contribution in [0.1, 0.15) is 11.3 Å². The Morgan fingerprint density at radius 1 is 0.875 bits per heavy atom. The van der Waals surface area contributed by atoms with Crippen molar-refractivity contribution in [3.8, 4) is 11.3 Å². The number of hydrogen-bond acceptors (Lipinski definition) is 2. The van der Waals surface area contributed by atoms with Crippen LogP contribution in [0.2, 0.25) is 10.0 Å². The summed E-state index contributed by atoms with van der Waals surface area (Å²) in [7, 11) is 0. The van der Waals surface area contributed by atoms with E-state index in [9.17, 15) is 4.39 Å². The summed E-state index contributed by atoms with van der Waals surface area (Å²) in [6, 6.07) is 15.5. The quantitative estimate of drug-likeness (QED) is 0.573. The van der Waals surface area contributed by atoms with Crippen molar-refractivity contribution in [3.05, 3.63) is 81.8 Å². The SMILES string of the molecule is Cl.Fc1ccc(CNCc2ccc(-c3cc(Cl)cc(Cl)c3)o2)cc1. The molecule has 3 rings (SSSR count). The van der Waals surface area contributed by atoms with Gasteiger partial charge >= 0.3 is 0 Å². The van der Waals surface area contributed by atoms with E-state index in [-0.39, 0.29) is 18.2 Å². The lowest BCUT2D eigenvalue weighted by molar-refractivity contribution is 0.493. The van der Waals surface area contributed by atoms with Crippen LogP contribution in [-0.4, -0.2) is 0 Å². The number of halogens is 4. The van der Waals surface area contributed by atoms with E-state index in [4.69, 9.17) is 27.6 Å². The Hall–Kier alpha value is -1.52. The number of hydrogen-bond donors (Lipinski definition) is 1. The van der Waals surface area contributed by atoms with Crippen molar-refractivity contribution in [2.45, 2.75) is 13.1 Å². The Morgan fingerprint density at radius 3 is 2.21 bits per heavy atom. The zero-order valence-electron chi connectivity index (χ0n) is 12.6. The highest BCUT2D eigenvalue weighted by molar-refractivity contribution is 6.35. The average Bonchev–Trinajstić information content (AvgIpc) is 2.97. The third-order valence-electron chi connectivity index (χ3n) is 3.35. The van der Waals surface area contributed by atoms with Crippen LogP contribution >= 0.6 is 35.6 Å². The minimum Gasteiger partial charge on any atom is -0.460 e. The molecule has 6 heteroatoms. The smallest absolute Gasteiger partial charge is 0.134 e. The van der Waals surface area contributed by atoms with Crippen LogP contribution in [0, 0.1) is 5.82 Å². The van der Waals surface area contributed by atoms with Gasteiger partial charge in [0.1, 0.15) is 17.3 Å². The minimum atomic E-state index is -0.232. The summed E-state index contributed by atoms with van der Waals surface area (Å²) >= 11 is 12.0. The number of nitrogens with one attached hydrogen (secondary N) is 1. The van der Waals surface area contributed by atoms with Crippen LogP contribution in [0.3, 0.4) is 0 Å². The van der Waals surface area contributed by atoms with Gasteiger partial charge in [0.05, 0.1) is 6.54 Å². The zero-order valence-corrected chi connectivity index (χ0v) is 14.9. The molecule has 0 aliphatic heterocycles. The second-order valence-electron chi connectivity index (χ2n) is 5.15. The van der Waals surface area contributed by atoms with Gasteiger partial charge in [0, 0.05) is 22.2 Å². The molecule has 1 aromatic heterocycles. The molecule has 0 unspecified atom stereocenters. The van der Waals surface area contributed by atoms with Crippen LogP contribution in [0.4, 0.5) is 4.39 Å². The number of benzene rings is 2. The molecule has 0 bridgehead atoms. The van der Waals surface area contributed by atoms with Gasteiger partial charge in [-0.3, -0.25) is 0 Å². The Kier molecular flexibility index (Phi) is 6.69. The molecule has 0 saturated carbocycles. The average molecular weight is 387 g/mol. The van der Waals surface area contributed by atoms with Gasteiger partial charge < -0.3 is 9.73 Å². The van der Waals surface area contributed by atoms with Crippen molar-refractivity contribution >= 4 is 35.6 Å². The Bertz CT molecular complexity index is 782. The summed E-state index contributed by atoms with van der Waals surface area (Å²) in [4.78, 5) is 0. The molecule has 0 amide bonds. The molecule has 126 valence electrons. The summed E-state index contributed by atoms with van der Waals surface area (Å²) in [6.07, 6.45) is 0. The first kappa shape index (κ1) is 18.8. The highest BCUT2D eigenvalue weighted by atomic mass is 35.5. The maximum absolute atomic E-state index is 12.8. The summed E-state index contributed by atoms with van der Waals surface area (Å²) in [5.41, 5.74) is 1.85. The molecule has 0 saturated heterocycles. The molecule has 2 aromatic carbocycles. The summed E-state index contributed by atoms with van der Waals surface area (Å²) in [5, 5.41) is 4.40. The van der Waals surface area contributed by atoms with E-state index in [2.05, 4.69) is 5.32 Å². The van der Waals surface area contributed by atoms with Crippen LogP contribution in [0.15, 0.2) is 59.0 Å². The third-order valence-corrected chi connectivity index (χ3v) is 3.79. The van der Waals surface area contributed by atoms with E-state index in [1.165, 1.54) is 12.1 Å². The lowest BCUT2D eigenvalue weighted by Gasteiger charge is -2.03. The van der Waals surface area contributed by atoms with Crippen LogP contribution in [0.25, 0.3) is 11.3 Å². The molecule has 0 spiro atoms. The van der Waals surface area contributed by atoms with Crippen molar-refractivity contribution in [1.29, 1.82) is 0 Å². The van der Waals surface area contributed by atoms with Gasteiger partial charge in [0.25, 0.3) is 0 Å². The maximum atomic E-state index is 12.8. The molecule has 0 atom stereocenters. The number of rotatable bonds is 5. The van der Waals surface area contributed by atoms with E-state index in [0.717, 1.165) is 16.9 Å². The monoisotopic (exact) mass is 385 g/mol. The van der Waals surface area contributed by atoms with Crippen molar-refractivity contribution in [2.75, 3.05) is 0 Å². The first-order valence-corrected chi connectivity index (χ1v) is 7.86. The van der Waals surface area contributed by atoms with Crippen molar-refractivity contribution < 1.29 is 8.81 Å². The fourth-order valence-corrected chi connectivity index (χ4v) is 2.78. The molecule has 0 radical (unpaired) electrons. The molecule has 0 aliphatic rings. The van der Waals surface area contributed by atoms with E-state index in [0.29, 0.717) is 28.9 Å². The third kappa shape index (κ3) is 4.99. The van der Waals surface area contributed by atoms with Crippen LogP contribution < -0.4 is 5.32 Å². The molecule has 24 heavy (non-hydrogen) atoms. The van der Waals surface area contributed by atoms with Gasteiger partial charge in [-0.25, -0.2) is 4.39 Å². The van der Waals surface area contributed by atoms with E-state index < -0.39 is 0 Å². The van der Waals surface area contributed by atoms with Crippen molar-refractivity contribution in [2.24, 2.45) is 0 Å². The van der Waals surface area contributed by atoms with Gasteiger partial charge in [0.2, 0.25) is 0 Å². The molecule has 1 heterocycles. The predicted octanol–water partition coefficient (Wildman–Crippen LogP) is 6.10. The normalized spacial score (nSPS) is 10.5. The van der Waals surface area contributed by atoms with Crippen LogP contribution in [-0.2, 0) is 13.1 Å². The Balaban J connectivity index is 0.00000208. The van der Waals surface area contributed by atoms with Crippen molar-refractivity contribution in [1.82, 2.24) is 5.32 Å². The molecular weight excluding hydrogens is 372 g/mol. The fourth-order valence-electron chi connectivity index (χ4n) is 2.26. The zero-order chi connectivity index (χ0) is 16.2. The number of furan rings is 1. The highest BCUT2D eigenvalue weighted by Crippen LogP contribution is 2.28. The summed E-state index contributed by atoms with van der Waals surface area (Å²) in [5.74, 6) is 1.29. The molecule has 0 aliphatic carbocycles. The highest BCUT2D eigenvalue weighted by Gasteiger charge is 2.07. The van der Waals surface area contributed by atoms with Gasteiger partial charge in [-0.05, 0) is 48.0 Å². The predicted molar refractivity (Wildman–Crippen MR) is 98.4 cm³/mol. The second kappa shape index (κ2) is 8.54. The lowest BCUT2D eigenvalue weighted by atomic mass is 10.2. The van der Waals surface area contributed by atoms with Gasteiger partial charge in [-0.1, -0.05) is 35.3 Å².